The molecule has 4 heteroatoms. The first kappa shape index (κ1) is 22.1. The van der Waals surface area contributed by atoms with Gasteiger partial charge in [-0.3, -0.25) is 0 Å². The van der Waals surface area contributed by atoms with Crippen molar-refractivity contribution in [3.63, 3.8) is 0 Å². The van der Waals surface area contributed by atoms with Gasteiger partial charge in [0.1, 0.15) is 0 Å². The Morgan fingerprint density at radius 1 is 0.950 bits per heavy atom. The van der Waals surface area contributed by atoms with Crippen LogP contribution in [0.1, 0.15) is 73.6 Å². The van der Waals surface area contributed by atoms with E-state index in [1.165, 1.54) is 0 Å². The lowest BCUT2D eigenvalue weighted by atomic mass is 9.92. The zero-order valence-corrected chi connectivity index (χ0v) is 14.1. The second kappa shape index (κ2) is 11.5. The smallest absolute Gasteiger partial charge is 0.0877 e. The van der Waals surface area contributed by atoms with Crippen molar-refractivity contribution >= 4 is 0 Å². The first-order valence-electron chi connectivity index (χ1n) is 7.84. The van der Waals surface area contributed by atoms with E-state index >= 15 is 0 Å². The van der Waals surface area contributed by atoms with Crippen LogP contribution >= 0.6 is 0 Å². The molecule has 20 heavy (non-hydrogen) atoms. The summed E-state index contributed by atoms with van der Waals surface area (Å²) in [5, 5.41) is 36.8. The molecule has 0 aliphatic carbocycles. The van der Waals surface area contributed by atoms with Crippen LogP contribution < -0.4 is 0 Å². The summed E-state index contributed by atoms with van der Waals surface area (Å²) in [5.41, 5.74) is -0.885. The third-order valence-corrected chi connectivity index (χ3v) is 3.72. The maximum Gasteiger partial charge on any atom is 0.0877 e. The fraction of sp³-hybridized carbons (Fsp3) is 1.00. The Kier molecular flexibility index (Phi) is 12.7. The predicted octanol–water partition coefficient (Wildman–Crippen LogP) is 2.47. The largest absolute Gasteiger partial charge is 0.393 e. The van der Waals surface area contributed by atoms with Gasteiger partial charge in [-0.1, -0.05) is 27.2 Å². The van der Waals surface area contributed by atoms with Crippen molar-refractivity contribution in [2.24, 2.45) is 5.92 Å². The molecule has 4 N–H and O–H groups in total. The van der Waals surface area contributed by atoms with Crippen LogP contribution in [0.4, 0.5) is 0 Å². The number of rotatable bonds is 8. The van der Waals surface area contributed by atoms with Crippen LogP contribution in [0.15, 0.2) is 0 Å². The molecule has 0 aromatic carbocycles. The quantitative estimate of drug-likeness (QED) is 0.554. The molecule has 0 amide bonds. The van der Waals surface area contributed by atoms with E-state index in [2.05, 4.69) is 0 Å². The monoisotopic (exact) mass is 292 g/mol. The van der Waals surface area contributed by atoms with E-state index in [1.807, 2.05) is 20.8 Å². The van der Waals surface area contributed by atoms with E-state index in [1.54, 1.807) is 20.8 Å². The van der Waals surface area contributed by atoms with E-state index in [-0.39, 0.29) is 12.2 Å². The van der Waals surface area contributed by atoms with Crippen molar-refractivity contribution in [1.82, 2.24) is 0 Å². The Morgan fingerprint density at radius 3 is 1.75 bits per heavy atom. The molecular weight excluding hydrogens is 256 g/mol. The number of hydrogen-bond donors (Lipinski definition) is 4. The average Bonchev–Trinajstić information content (AvgIpc) is 2.35. The van der Waals surface area contributed by atoms with Crippen LogP contribution in [0.25, 0.3) is 0 Å². The van der Waals surface area contributed by atoms with Crippen molar-refractivity contribution in [2.75, 3.05) is 0 Å². The van der Waals surface area contributed by atoms with Crippen molar-refractivity contribution in [1.29, 1.82) is 0 Å². The second-order valence-electron chi connectivity index (χ2n) is 6.18. The maximum atomic E-state index is 9.53. The van der Waals surface area contributed by atoms with Gasteiger partial charge < -0.3 is 20.4 Å². The van der Waals surface area contributed by atoms with E-state index in [0.29, 0.717) is 18.8 Å². The molecule has 4 nitrogen and oxygen atoms in total. The van der Waals surface area contributed by atoms with Crippen LogP contribution in [0.3, 0.4) is 0 Å². The number of aliphatic hydroxyl groups is 4. The highest BCUT2D eigenvalue weighted by atomic mass is 16.3. The van der Waals surface area contributed by atoms with Crippen LogP contribution in [0, 0.1) is 5.92 Å². The van der Waals surface area contributed by atoms with E-state index in [0.717, 1.165) is 19.3 Å². The summed E-state index contributed by atoms with van der Waals surface area (Å²) < 4.78 is 0. The highest BCUT2D eigenvalue weighted by Crippen LogP contribution is 2.18. The van der Waals surface area contributed by atoms with Gasteiger partial charge in [-0.05, 0) is 52.4 Å². The second-order valence-corrected chi connectivity index (χ2v) is 6.18. The summed E-state index contributed by atoms with van der Waals surface area (Å²) in [6.45, 7) is 11.1. The SMILES string of the molecule is CC(O)CCC(C)C(C)O.CCCC(C)(O)C(O)CC. The Labute approximate surface area is 124 Å². The standard InChI is InChI=1S/2C8H18O2/c1-6(8(3)10)4-5-7(2)9;1-4-6-8(3,10)7(9)5-2/h6-10H,4-5H2,1-3H3;7,9-10H,4-6H2,1-3H3. The molecule has 5 atom stereocenters. The molecule has 0 spiro atoms. The van der Waals surface area contributed by atoms with Gasteiger partial charge in [0.2, 0.25) is 0 Å². The molecule has 0 aromatic rings. The fourth-order valence-corrected chi connectivity index (χ4v) is 1.86. The lowest BCUT2D eigenvalue weighted by Gasteiger charge is -2.27. The van der Waals surface area contributed by atoms with Crippen molar-refractivity contribution in [3.05, 3.63) is 0 Å². The average molecular weight is 292 g/mol. The predicted molar refractivity (Wildman–Crippen MR) is 83.6 cm³/mol. The van der Waals surface area contributed by atoms with Crippen LogP contribution in [-0.2, 0) is 0 Å². The van der Waals surface area contributed by atoms with Gasteiger partial charge in [-0.2, -0.15) is 0 Å². The molecule has 0 saturated carbocycles. The van der Waals surface area contributed by atoms with E-state index in [4.69, 9.17) is 10.2 Å². The van der Waals surface area contributed by atoms with Gasteiger partial charge >= 0.3 is 0 Å². The fourth-order valence-electron chi connectivity index (χ4n) is 1.86. The first-order chi connectivity index (χ1) is 9.08. The summed E-state index contributed by atoms with van der Waals surface area (Å²) in [7, 11) is 0. The van der Waals surface area contributed by atoms with Gasteiger partial charge in [0.15, 0.2) is 0 Å². The van der Waals surface area contributed by atoms with Gasteiger partial charge in [0.25, 0.3) is 0 Å². The van der Waals surface area contributed by atoms with Gasteiger partial charge in [-0.25, -0.2) is 0 Å². The van der Waals surface area contributed by atoms with E-state index in [9.17, 15) is 10.2 Å². The van der Waals surface area contributed by atoms with Crippen LogP contribution in [0.2, 0.25) is 0 Å². The van der Waals surface area contributed by atoms with Crippen LogP contribution in [-0.4, -0.2) is 44.3 Å². The molecule has 0 bridgehead atoms. The lowest BCUT2D eigenvalue weighted by Crippen LogP contribution is -2.38. The maximum absolute atomic E-state index is 9.53. The molecular formula is C16H36O4. The molecule has 124 valence electrons. The summed E-state index contributed by atoms with van der Waals surface area (Å²) in [4.78, 5) is 0. The van der Waals surface area contributed by atoms with Crippen molar-refractivity contribution in [2.45, 2.75) is 97.6 Å². The summed E-state index contributed by atoms with van der Waals surface area (Å²) in [6.07, 6.45) is 2.81. The minimum atomic E-state index is -0.885. The normalized spacial score (nSPS) is 20.1. The molecule has 0 aromatic heterocycles. The molecule has 0 heterocycles. The minimum Gasteiger partial charge on any atom is -0.393 e. The highest BCUT2D eigenvalue weighted by Gasteiger charge is 2.27. The molecule has 0 radical (unpaired) electrons. The van der Waals surface area contributed by atoms with Gasteiger partial charge in [0, 0.05) is 0 Å². The molecule has 0 fully saturated rings. The molecule has 0 aliphatic heterocycles. The zero-order chi connectivity index (χ0) is 16.3. The molecule has 5 unspecified atom stereocenters. The lowest BCUT2D eigenvalue weighted by molar-refractivity contribution is -0.0682. The number of hydrogen-bond acceptors (Lipinski definition) is 4. The van der Waals surface area contributed by atoms with Crippen molar-refractivity contribution in [3.8, 4) is 0 Å². The Hall–Kier alpha value is -0.160. The zero-order valence-electron chi connectivity index (χ0n) is 14.1. The third kappa shape index (κ3) is 11.6. The molecule has 0 aliphatic rings. The van der Waals surface area contributed by atoms with Crippen molar-refractivity contribution < 1.29 is 20.4 Å². The highest BCUT2D eigenvalue weighted by molar-refractivity contribution is 4.79. The minimum absolute atomic E-state index is 0.235. The van der Waals surface area contributed by atoms with Gasteiger partial charge in [0.05, 0.1) is 23.9 Å². The summed E-state index contributed by atoms with van der Waals surface area (Å²) in [6, 6.07) is 0. The van der Waals surface area contributed by atoms with Gasteiger partial charge in [-0.15, -0.1) is 0 Å². The Morgan fingerprint density at radius 2 is 1.45 bits per heavy atom. The first-order valence-corrected chi connectivity index (χ1v) is 7.84. The summed E-state index contributed by atoms with van der Waals surface area (Å²) in [5.74, 6) is 0.301. The number of aliphatic hydroxyl groups excluding tert-OH is 3. The topological polar surface area (TPSA) is 80.9 Å². The van der Waals surface area contributed by atoms with E-state index < -0.39 is 11.7 Å². The third-order valence-electron chi connectivity index (χ3n) is 3.72. The summed E-state index contributed by atoms with van der Waals surface area (Å²) >= 11 is 0. The Bertz CT molecular complexity index is 215. The molecule has 0 saturated heterocycles. The Balaban J connectivity index is 0. The molecule has 0 rings (SSSR count). The van der Waals surface area contributed by atoms with Crippen LogP contribution in [0.5, 0.6) is 0 Å².